The molecule has 1 N–H and O–H groups in total. The molecule has 0 saturated heterocycles. The summed E-state index contributed by atoms with van der Waals surface area (Å²) in [7, 11) is 0. The number of amides is 1. The van der Waals surface area contributed by atoms with Gasteiger partial charge in [0, 0.05) is 17.5 Å². The van der Waals surface area contributed by atoms with Crippen molar-refractivity contribution in [3.63, 3.8) is 0 Å². The number of rotatable bonds is 6. The van der Waals surface area contributed by atoms with E-state index in [1.165, 1.54) is 0 Å². The molecule has 0 radical (unpaired) electrons. The van der Waals surface area contributed by atoms with E-state index < -0.39 is 5.92 Å². The molecule has 6 heteroatoms. The van der Waals surface area contributed by atoms with Gasteiger partial charge in [-0.3, -0.25) is 4.79 Å². The molecule has 142 valence electrons. The first-order chi connectivity index (χ1) is 13.5. The van der Waals surface area contributed by atoms with Gasteiger partial charge in [-0.15, -0.1) is 0 Å². The minimum atomic E-state index is -0.881. The summed E-state index contributed by atoms with van der Waals surface area (Å²) in [5.41, 5.74) is 3.16. The summed E-state index contributed by atoms with van der Waals surface area (Å²) in [6.07, 6.45) is 0.189. The van der Waals surface area contributed by atoms with Gasteiger partial charge in [-0.05, 0) is 61.4 Å². The Balaban J connectivity index is 1.75. The summed E-state index contributed by atoms with van der Waals surface area (Å²) in [6.45, 7) is 4.46. The topological polar surface area (TPSA) is 75.0 Å². The number of carbonyl (C=O) groups is 1. The number of benzene rings is 2. The molecule has 1 heterocycles. The summed E-state index contributed by atoms with van der Waals surface area (Å²) < 4.78 is 5.38. The average molecular weight is 394 g/mol. The number of hydrogen-bond acceptors (Lipinski definition) is 4. The molecule has 3 rings (SSSR count). The maximum atomic E-state index is 12.5. The minimum absolute atomic E-state index is 0.189. The van der Waals surface area contributed by atoms with Gasteiger partial charge in [-0.1, -0.05) is 23.7 Å². The van der Waals surface area contributed by atoms with Crippen LogP contribution < -0.4 is 10.1 Å². The maximum absolute atomic E-state index is 12.5. The van der Waals surface area contributed by atoms with Gasteiger partial charge >= 0.3 is 0 Å². The van der Waals surface area contributed by atoms with Crippen LogP contribution in [0, 0.1) is 24.2 Å². The largest absolute Gasteiger partial charge is 0.494 e. The van der Waals surface area contributed by atoms with Gasteiger partial charge in [-0.25, -0.2) is 4.98 Å². The van der Waals surface area contributed by atoms with Crippen LogP contribution in [0.3, 0.4) is 0 Å². The van der Waals surface area contributed by atoms with Gasteiger partial charge in [0.1, 0.15) is 16.8 Å². The number of nitriles is 1. The monoisotopic (exact) mass is 393 g/mol. The Hall–Kier alpha value is -3.10. The number of halogens is 1. The van der Waals surface area contributed by atoms with Crippen LogP contribution in [0.2, 0.25) is 5.15 Å². The molecular weight excluding hydrogens is 374 g/mol. The Morgan fingerprint density at radius 2 is 2.00 bits per heavy atom. The van der Waals surface area contributed by atoms with E-state index in [0.717, 1.165) is 22.2 Å². The van der Waals surface area contributed by atoms with Crippen LogP contribution in [0.1, 0.15) is 18.1 Å². The molecule has 5 nitrogen and oxygen atoms in total. The highest BCUT2D eigenvalue weighted by atomic mass is 35.5. The maximum Gasteiger partial charge on any atom is 0.242 e. The zero-order valence-electron chi connectivity index (χ0n) is 15.7. The van der Waals surface area contributed by atoms with Crippen molar-refractivity contribution in [3.8, 4) is 11.8 Å². The zero-order valence-corrected chi connectivity index (χ0v) is 16.5. The summed E-state index contributed by atoms with van der Waals surface area (Å²) in [5, 5.41) is 13.5. The number of fused-ring (bicyclic) bond motifs is 1. The van der Waals surface area contributed by atoms with Gasteiger partial charge in [0.15, 0.2) is 0 Å². The van der Waals surface area contributed by atoms with E-state index in [1.807, 2.05) is 38.1 Å². The molecule has 28 heavy (non-hydrogen) atoms. The number of anilines is 1. The predicted octanol–water partition coefficient (Wildman–Crippen LogP) is 4.92. The van der Waals surface area contributed by atoms with Crippen molar-refractivity contribution in [2.24, 2.45) is 5.92 Å². The lowest BCUT2D eigenvalue weighted by Crippen LogP contribution is -2.23. The first-order valence-corrected chi connectivity index (χ1v) is 9.37. The molecule has 0 saturated carbocycles. The Kier molecular flexibility index (Phi) is 6.13. The lowest BCUT2D eigenvalue weighted by molar-refractivity contribution is -0.118. The van der Waals surface area contributed by atoms with E-state index in [9.17, 15) is 10.1 Å². The van der Waals surface area contributed by atoms with E-state index in [4.69, 9.17) is 16.3 Å². The van der Waals surface area contributed by atoms with Crippen molar-refractivity contribution in [2.75, 3.05) is 11.9 Å². The Morgan fingerprint density at radius 1 is 1.25 bits per heavy atom. The fourth-order valence-corrected chi connectivity index (χ4v) is 3.11. The highest BCUT2D eigenvalue weighted by Gasteiger charge is 2.21. The molecule has 0 aliphatic heterocycles. The fourth-order valence-electron chi connectivity index (χ4n) is 2.89. The number of hydrogen-bond donors (Lipinski definition) is 1. The number of aryl methyl sites for hydroxylation is 1. The van der Waals surface area contributed by atoms with E-state index in [1.54, 1.807) is 24.3 Å². The number of pyridine rings is 1. The van der Waals surface area contributed by atoms with Crippen LogP contribution in [0.25, 0.3) is 10.9 Å². The van der Waals surface area contributed by atoms with E-state index in [0.29, 0.717) is 23.0 Å². The third kappa shape index (κ3) is 4.59. The van der Waals surface area contributed by atoms with Crippen molar-refractivity contribution in [3.05, 3.63) is 64.8 Å². The van der Waals surface area contributed by atoms with Crippen LogP contribution in [0.4, 0.5) is 5.69 Å². The highest BCUT2D eigenvalue weighted by Crippen LogP contribution is 2.24. The van der Waals surface area contributed by atoms with Gasteiger partial charge in [-0.2, -0.15) is 5.26 Å². The molecule has 2 aromatic carbocycles. The van der Waals surface area contributed by atoms with Crippen molar-refractivity contribution < 1.29 is 9.53 Å². The van der Waals surface area contributed by atoms with Crippen LogP contribution >= 0.6 is 11.6 Å². The van der Waals surface area contributed by atoms with E-state index >= 15 is 0 Å². The second kappa shape index (κ2) is 8.73. The van der Waals surface area contributed by atoms with Crippen molar-refractivity contribution in [1.29, 1.82) is 5.26 Å². The third-order valence-electron chi connectivity index (χ3n) is 4.33. The molecule has 0 aliphatic carbocycles. The molecule has 0 spiro atoms. The van der Waals surface area contributed by atoms with Crippen LogP contribution in [0.15, 0.2) is 48.5 Å². The first-order valence-electron chi connectivity index (χ1n) is 8.99. The Bertz CT molecular complexity index is 1040. The Morgan fingerprint density at radius 3 is 2.68 bits per heavy atom. The molecule has 1 unspecified atom stereocenters. The molecular formula is C22H20ClN3O2. The molecule has 1 amide bonds. The van der Waals surface area contributed by atoms with E-state index in [-0.39, 0.29) is 12.3 Å². The van der Waals surface area contributed by atoms with Gasteiger partial charge in [0.25, 0.3) is 0 Å². The summed E-state index contributed by atoms with van der Waals surface area (Å²) in [4.78, 5) is 17.0. The first kappa shape index (κ1) is 19.7. The van der Waals surface area contributed by atoms with Crippen LogP contribution in [0.5, 0.6) is 5.75 Å². The van der Waals surface area contributed by atoms with Crippen LogP contribution in [-0.4, -0.2) is 17.5 Å². The Labute approximate surface area is 168 Å². The van der Waals surface area contributed by atoms with Gasteiger partial charge in [0.05, 0.1) is 18.2 Å². The summed E-state index contributed by atoms with van der Waals surface area (Å²) >= 11 is 6.30. The molecule has 1 atom stereocenters. The van der Waals surface area contributed by atoms with Gasteiger partial charge in [0.2, 0.25) is 5.91 Å². The number of ether oxygens (including phenoxy) is 1. The number of carbonyl (C=O) groups excluding carboxylic acids is 1. The van der Waals surface area contributed by atoms with Crippen molar-refractivity contribution in [1.82, 2.24) is 4.98 Å². The molecule has 0 bridgehead atoms. The number of nitrogens with one attached hydrogen (secondary N) is 1. The second-order valence-electron chi connectivity index (χ2n) is 6.47. The smallest absolute Gasteiger partial charge is 0.242 e. The number of aromatic nitrogens is 1. The van der Waals surface area contributed by atoms with Crippen LogP contribution in [-0.2, 0) is 11.2 Å². The third-order valence-corrected chi connectivity index (χ3v) is 4.66. The molecule has 3 aromatic rings. The normalized spacial score (nSPS) is 11.6. The van der Waals surface area contributed by atoms with E-state index in [2.05, 4.69) is 16.4 Å². The summed E-state index contributed by atoms with van der Waals surface area (Å²) in [6, 6.07) is 16.9. The highest BCUT2D eigenvalue weighted by molar-refractivity contribution is 6.30. The number of nitrogens with zero attached hydrogens (tertiary/aromatic N) is 2. The molecule has 1 aromatic heterocycles. The minimum Gasteiger partial charge on any atom is -0.494 e. The van der Waals surface area contributed by atoms with Gasteiger partial charge < -0.3 is 10.1 Å². The van der Waals surface area contributed by atoms with Crippen molar-refractivity contribution in [2.45, 2.75) is 20.3 Å². The molecule has 0 aliphatic rings. The quantitative estimate of drug-likeness (QED) is 0.603. The summed E-state index contributed by atoms with van der Waals surface area (Å²) in [5.74, 6) is -0.540. The van der Waals surface area contributed by atoms with Crippen molar-refractivity contribution >= 4 is 34.1 Å². The lowest BCUT2D eigenvalue weighted by Gasteiger charge is -2.12. The second-order valence-corrected chi connectivity index (χ2v) is 6.82. The average Bonchev–Trinajstić information content (AvgIpc) is 2.68. The fraction of sp³-hybridized carbons (Fsp3) is 0.227. The SMILES string of the molecule is CCOc1ccc(NC(=O)C(C#N)Cc2cc3ccc(C)cc3nc2Cl)cc1. The zero-order chi connectivity index (χ0) is 20.1. The predicted molar refractivity (Wildman–Crippen MR) is 111 cm³/mol. The molecule has 0 fully saturated rings. The lowest BCUT2D eigenvalue weighted by atomic mass is 9.99. The standard InChI is InChI=1S/C22H20ClN3O2/c1-3-28-19-8-6-18(7-9-19)25-22(27)17(13-24)12-16-11-15-5-4-14(2)10-20(15)26-21(16)23/h4-11,17H,3,12H2,1-2H3,(H,25,27).